The fraction of sp³-hybridized carbons (Fsp3) is 0.375. The van der Waals surface area contributed by atoms with Crippen LogP contribution in [-0.2, 0) is 14.3 Å². The second-order valence-corrected chi connectivity index (χ2v) is 8.39. The summed E-state index contributed by atoms with van der Waals surface area (Å²) >= 11 is 0. The standard InChI is InChI=1S/C24H24F2N2O5/c25-22(26)20(11-21(29)27-14-9-13(10-14)23(30)31)28-24(32)33-12-19-17-7-3-1-5-15(17)16-6-2-4-8-18(16)19/h1-8,13-14,19-20,22H,9-12H2,(H,27,29)(H,28,32)(H,30,31). The molecule has 4 rings (SSSR count). The number of carbonyl (C=O) groups is 3. The lowest BCUT2D eigenvalue weighted by Crippen LogP contribution is -2.49. The zero-order chi connectivity index (χ0) is 23.5. The molecule has 2 aliphatic carbocycles. The van der Waals surface area contributed by atoms with Gasteiger partial charge in [-0.2, -0.15) is 0 Å². The fourth-order valence-electron chi connectivity index (χ4n) is 4.42. The molecule has 7 nitrogen and oxygen atoms in total. The fourth-order valence-corrected chi connectivity index (χ4v) is 4.42. The van der Waals surface area contributed by atoms with Crippen molar-refractivity contribution in [1.82, 2.24) is 10.6 Å². The van der Waals surface area contributed by atoms with Crippen LogP contribution in [0.3, 0.4) is 0 Å². The third-order valence-corrected chi connectivity index (χ3v) is 6.21. The first-order valence-corrected chi connectivity index (χ1v) is 10.7. The van der Waals surface area contributed by atoms with Gasteiger partial charge in [0.05, 0.1) is 12.3 Å². The summed E-state index contributed by atoms with van der Waals surface area (Å²) in [5.74, 6) is -2.35. The number of carboxylic acid groups (broad SMARTS) is 1. The minimum Gasteiger partial charge on any atom is -0.481 e. The maximum absolute atomic E-state index is 13.4. The van der Waals surface area contributed by atoms with E-state index in [9.17, 15) is 23.2 Å². The molecule has 1 fully saturated rings. The summed E-state index contributed by atoms with van der Waals surface area (Å²) in [4.78, 5) is 35.2. The molecule has 2 aliphatic rings. The van der Waals surface area contributed by atoms with Gasteiger partial charge in [0.1, 0.15) is 12.6 Å². The van der Waals surface area contributed by atoms with Crippen molar-refractivity contribution in [3.63, 3.8) is 0 Å². The molecule has 1 atom stereocenters. The van der Waals surface area contributed by atoms with Gasteiger partial charge in [-0.25, -0.2) is 13.6 Å². The van der Waals surface area contributed by atoms with Crippen LogP contribution in [0.25, 0.3) is 11.1 Å². The highest BCUT2D eigenvalue weighted by Crippen LogP contribution is 2.44. The molecule has 0 heterocycles. The van der Waals surface area contributed by atoms with Crippen LogP contribution >= 0.6 is 0 Å². The van der Waals surface area contributed by atoms with Crippen molar-refractivity contribution in [3.05, 3.63) is 59.7 Å². The highest BCUT2D eigenvalue weighted by molar-refractivity contribution is 5.80. The zero-order valence-corrected chi connectivity index (χ0v) is 17.7. The van der Waals surface area contributed by atoms with Gasteiger partial charge in [0.2, 0.25) is 5.91 Å². The van der Waals surface area contributed by atoms with Gasteiger partial charge in [-0.3, -0.25) is 9.59 Å². The average molecular weight is 458 g/mol. The van der Waals surface area contributed by atoms with Crippen LogP contribution in [0.2, 0.25) is 0 Å². The largest absolute Gasteiger partial charge is 0.481 e. The first kappa shape index (κ1) is 22.7. The number of alkyl halides is 2. The number of halogens is 2. The van der Waals surface area contributed by atoms with Crippen LogP contribution in [0.4, 0.5) is 13.6 Å². The molecule has 2 aromatic rings. The first-order valence-electron chi connectivity index (χ1n) is 10.7. The van der Waals surface area contributed by atoms with Crippen LogP contribution in [0, 0.1) is 5.92 Å². The van der Waals surface area contributed by atoms with Gasteiger partial charge >= 0.3 is 12.1 Å². The molecule has 9 heteroatoms. The molecule has 0 radical (unpaired) electrons. The summed E-state index contributed by atoms with van der Waals surface area (Å²) in [5, 5.41) is 13.5. The smallest absolute Gasteiger partial charge is 0.407 e. The number of hydrogen-bond acceptors (Lipinski definition) is 4. The summed E-state index contributed by atoms with van der Waals surface area (Å²) in [6.45, 7) is -0.0271. The van der Waals surface area contributed by atoms with Gasteiger partial charge in [-0.15, -0.1) is 0 Å². The second-order valence-electron chi connectivity index (χ2n) is 8.39. The maximum Gasteiger partial charge on any atom is 0.407 e. The second kappa shape index (κ2) is 9.56. The lowest BCUT2D eigenvalue weighted by molar-refractivity contribution is -0.146. The predicted molar refractivity (Wildman–Crippen MR) is 115 cm³/mol. The minimum absolute atomic E-state index is 0.0271. The molecular weight excluding hydrogens is 434 g/mol. The van der Waals surface area contributed by atoms with Gasteiger partial charge in [0.15, 0.2) is 0 Å². The number of fused-ring (bicyclic) bond motifs is 3. The number of carbonyl (C=O) groups excluding carboxylic acids is 2. The number of amides is 2. The molecule has 1 unspecified atom stereocenters. The number of rotatable bonds is 8. The van der Waals surface area contributed by atoms with E-state index >= 15 is 0 Å². The van der Waals surface area contributed by atoms with Gasteiger partial charge in [0, 0.05) is 12.0 Å². The van der Waals surface area contributed by atoms with E-state index in [1.165, 1.54) is 0 Å². The highest BCUT2D eigenvalue weighted by Gasteiger charge is 2.36. The quantitative estimate of drug-likeness (QED) is 0.561. The van der Waals surface area contributed by atoms with Crippen LogP contribution in [-0.4, -0.2) is 48.2 Å². The van der Waals surface area contributed by atoms with E-state index in [0.717, 1.165) is 22.3 Å². The number of alkyl carbamates (subject to hydrolysis) is 1. The topological polar surface area (TPSA) is 105 Å². The summed E-state index contributed by atoms with van der Waals surface area (Å²) < 4.78 is 32.1. The minimum atomic E-state index is -2.97. The SMILES string of the molecule is O=C(CC(NC(=O)OCC1c2ccccc2-c2ccccc21)C(F)F)NC1CC(C(=O)O)C1. The Morgan fingerprint density at radius 1 is 1.00 bits per heavy atom. The van der Waals surface area contributed by atoms with Gasteiger partial charge in [-0.05, 0) is 35.1 Å². The molecular formula is C24H24F2N2O5. The average Bonchev–Trinajstić information content (AvgIpc) is 3.07. The molecule has 174 valence electrons. The van der Waals surface area contributed by atoms with E-state index < -0.39 is 42.8 Å². The number of nitrogens with one attached hydrogen (secondary N) is 2. The van der Waals surface area contributed by atoms with Crippen LogP contribution in [0.5, 0.6) is 0 Å². The Morgan fingerprint density at radius 3 is 2.12 bits per heavy atom. The normalized spacial score (nSPS) is 19.7. The van der Waals surface area contributed by atoms with Crippen molar-refractivity contribution >= 4 is 18.0 Å². The van der Waals surface area contributed by atoms with Crippen molar-refractivity contribution in [2.75, 3.05) is 6.61 Å². The molecule has 0 bridgehead atoms. The van der Waals surface area contributed by atoms with Crippen molar-refractivity contribution in [1.29, 1.82) is 0 Å². The molecule has 0 aromatic heterocycles. The Balaban J connectivity index is 1.31. The van der Waals surface area contributed by atoms with Crippen molar-refractivity contribution in [3.8, 4) is 11.1 Å². The first-order chi connectivity index (χ1) is 15.8. The Labute approximate surface area is 189 Å². The maximum atomic E-state index is 13.4. The van der Waals surface area contributed by atoms with E-state index in [-0.39, 0.29) is 31.4 Å². The van der Waals surface area contributed by atoms with Crippen molar-refractivity contribution < 1.29 is 33.0 Å². The number of benzene rings is 2. The number of carboxylic acids is 1. The predicted octanol–water partition coefficient (Wildman–Crippen LogP) is 3.53. The summed E-state index contributed by atoms with van der Waals surface area (Å²) in [7, 11) is 0. The number of ether oxygens (including phenoxy) is 1. The molecule has 0 aliphatic heterocycles. The van der Waals surface area contributed by atoms with Crippen LogP contribution in [0.15, 0.2) is 48.5 Å². The van der Waals surface area contributed by atoms with Gasteiger partial charge in [0.25, 0.3) is 6.43 Å². The zero-order valence-electron chi connectivity index (χ0n) is 17.7. The molecule has 0 spiro atoms. The van der Waals surface area contributed by atoms with Gasteiger partial charge < -0.3 is 20.5 Å². The van der Waals surface area contributed by atoms with E-state index in [0.29, 0.717) is 0 Å². The van der Waals surface area contributed by atoms with Crippen LogP contribution < -0.4 is 10.6 Å². The van der Waals surface area contributed by atoms with Crippen molar-refractivity contribution in [2.24, 2.45) is 5.92 Å². The Morgan fingerprint density at radius 2 is 1.58 bits per heavy atom. The Kier molecular flexibility index (Phi) is 6.57. The van der Waals surface area contributed by atoms with Crippen molar-refractivity contribution in [2.45, 2.75) is 43.7 Å². The summed E-state index contributed by atoms with van der Waals surface area (Å²) in [6.07, 6.45) is -4.09. The molecule has 3 N–H and O–H groups in total. The third-order valence-electron chi connectivity index (χ3n) is 6.21. The van der Waals surface area contributed by atoms with E-state index in [2.05, 4.69) is 10.6 Å². The van der Waals surface area contributed by atoms with Crippen LogP contribution in [0.1, 0.15) is 36.3 Å². The van der Waals surface area contributed by atoms with E-state index in [1.807, 2.05) is 48.5 Å². The third kappa shape index (κ3) is 4.97. The molecule has 0 saturated heterocycles. The lowest BCUT2D eigenvalue weighted by atomic mass is 9.80. The van der Waals surface area contributed by atoms with E-state index in [1.54, 1.807) is 0 Å². The molecule has 33 heavy (non-hydrogen) atoms. The molecule has 2 aromatic carbocycles. The van der Waals surface area contributed by atoms with E-state index in [4.69, 9.17) is 9.84 Å². The summed E-state index contributed by atoms with van der Waals surface area (Å²) in [6, 6.07) is 13.4. The molecule has 2 amide bonds. The Bertz CT molecular complexity index is 1010. The Hall–Kier alpha value is -3.49. The number of hydrogen-bond donors (Lipinski definition) is 3. The summed E-state index contributed by atoms with van der Waals surface area (Å²) in [5.41, 5.74) is 4.09. The molecule has 1 saturated carbocycles. The van der Waals surface area contributed by atoms with Gasteiger partial charge in [-0.1, -0.05) is 48.5 Å². The monoisotopic (exact) mass is 458 g/mol. The highest BCUT2D eigenvalue weighted by atomic mass is 19.3. The number of aliphatic carboxylic acids is 1. The lowest BCUT2D eigenvalue weighted by Gasteiger charge is -2.33.